The van der Waals surface area contributed by atoms with Crippen LogP contribution in [-0.2, 0) is 11.2 Å². The van der Waals surface area contributed by atoms with Crippen LogP contribution in [0.25, 0.3) is 0 Å². The number of rotatable bonds is 6. The summed E-state index contributed by atoms with van der Waals surface area (Å²) in [6.45, 7) is 5.96. The minimum atomic E-state index is -0.390. The fourth-order valence-electron chi connectivity index (χ4n) is 3.28. The second kappa shape index (κ2) is 7.24. The third-order valence-electron chi connectivity index (χ3n) is 4.80. The first kappa shape index (κ1) is 18.1. The Morgan fingerprint density at radius 2 is 1.42 bits per heavy atom. The Balaban J connectivity index is 1.70. The first-order valence-corrected chi connectivity index (χ1v) is 8.95. The van der Waals surface area contributed by atoms with Crippen molar-refractivity contribution in [3.63, 3.8) is 0 Å². The summed E-state index contributed by atoms with van der Waals surface area (Å²) in [5, 5.41) is 0. The molecule has 0 radical (unpaired) electrons. The molecule has 1 aliphatic rings. The first-order chi connectivity index (χ1) is 12.4. The molecule has 0 spiro atoms. The van der Waals surface area contributed by atoms with Crippen molar-refractivity contribution in [2.75, 3.05) is 6.54 Å². The van der Waals surface area contributed by atoms with Crippen molar-refractivity contribution in [3.05, 3.63) is 70.8 Å². The molecule has 0 aliphatic carbocycles. The highest BCUT2D eigenvalue weighted by Crippen LogP contribution is 2.24. The smallest absolute Gasteiger partial charge is 0.261 e. The standard InChI is InChI=1S/C22H23NO3/c1-14(2)12-16-8-10-17(11-9-16)15(3)20(24)13-23-21(25)18-6-4-5-7-19(18)22(23)26/h4-11,14-15H,12-13H2,1-3H3. The van der Waals surface area contributed by atoms with Crippen molar-refractivity contribution in [3.8, 4) is 0 Å². The van der Waals surface area contributed by atoms with Crippen molar-refractivity contribution >= 4 is 17.6 Å². The lowest BCUT2D eigenvalue weighted by Crippen LogP contribution is -2.36. The van der Waals surface area contributed by atoms with Gasteiger partial charge >= 0.3 is 0 Å². The van der Waals surface area contributed by atoms with Crippen LogP contribution in [0.3, 0.4) is 0 Å². The van der Waals surface area contributed by atoms with Gasteiger partial charge < -0.3 is 0 Å². The molecule has 2 aromatic carbocycles. The van der Waals surface area contributed by atoms with E-state index in [0.717, 1.165) is 16.9 Å². The van der Waals surface area contributed by atoms with E-state index in [2.05, 4.69) is 13.8 Å². The van der Waals surface area contributed by atoms with E-state index in [-0.39, 0.29) is 18.2 Å². The maximum absolute atomic E-state index is 12.7. The monoisotopic (exact) mass is 349 g/mol. The van der Waals surface area contributed by atoms with Gasteiger partial charge in [-0.1, -0.05) is 57.2 Å². The Morgan fingerprint density at radius 1 is 0.885 bits per heavy atom. The first-order valence-electron chi connectivity index (χ1n) is 8.95. The highest BCUT2D eigenvalue weighted by Gasteiger charge is 2.36. The molecule has 0 N–H and O–H groups in total. The molecule has 3 rings (SSSR count). The van der Waals surface area contributed by atoms with Crippen LogP contribution in [0.5, 0.6) is 0 Å². The highest BCUT2D eigenvalue weighted by atomic mass is 16.2. The predicted molar refractivity (Wildman–Crippen MR) is 100 cm³/mol. The Kier molecular flexibility index (Phi) is 5.03. The number of hydrogen-bond donors (Lipinski definition) is 0. The van der Waals surface area contributed by atoms with Gasteiger partial charge in [0.25, 0.3) is 11.8 Å². The van der Waals surface area contributed by atoms with Crippen LogP contribution in [0.4, 0.5) is 0 Å². The second-order valence-electron chi connectivity index (χ2n) is 7.27. The molecule has 26 heavy (non-hydrogen) atoms. The number of Topliss-reactive ketones (excluding diaryl/α,β-unsaturated/α-hetero) is 1. The van der Waals surface area contributed by atoms with E-state index in [1.54, 1.807) is 24.3 Å². The van der Waals surface area contributed by atoms with Gasteiger partial charge in [0, 0.05) is 5.92 Å². The zero-order valence-corrected chi connectivity index (χ0v) is 15.4. The lowest BCUT2D eigenvalue weighted by Gasteiger charge is -2.17. The van der Waals surface area contributed by atoms with Crippen LogP contribution in [0.15, 0.2) is 48.5 Å². The van der Waals surface area contributed by atoms with Crippen LogP contribution >= 0.6 is 0 Å². The molecule has 0 saturated carbocycles. The molecule has 134 valence electrons. The van der Waals surface area contributed by atoms with E-state index < -0.39 is 11.8 Å². The van der Waals surface area contributed by atoms with Gasteiger partial charge in [-0.15, -0.1) is 0 Å². The topological polar surface area (TPSA) is 54.5 Å². The third-order valence-corrected chi connectivity index (χ3v) is 4.80. The van der Waals surface area contributed by atoms with Gasteiger partial charge in [-0.05, 0) is 35.6 Å². The molecule has 0 aromatic heterocycles. The van der Waals surface area contributed by atoms with E-state index in [9.17, 15) is 14.4 Å². The number of nitrogens with zero attached hydrogens (tertiary/aromatic N) is 1. The number of amides is 2. The number of carbonyl (C=O) groups is 3. The normalized spacial score (nSPS) is 14.7. The van der Waals surface area contributed by atoms with Gasteiger partial charge in [-0.25, -0.2) is 0 Å². The van der Waals surface area contributed by atoms with Gasteiger partial charge in [-0.3, -0.25) is 19.3 Å². The zero-order valence-electron chi connectivity index (χ0n) is 15.4. The van der Waals surface area contributed by atoms with Crippen molar-refractivity contribution in [2.24, 2.45) is 5.92 Å². The van der Waals surface area contributed by atoms with Crippen LogP contribution in [0, 0.1) is 5.92 Å². The van der Waals surface area contributed by atoms with Gasteiger partial charge in [0.2, 0.25) is 0 Å². The number of carbonyl (C=O) groups excluding carboxylic acids is 3. The number of hydrogen-bond acceptors (Lipinski definition) is 3. The van der Waals surface area contributed by atoms with E-state index in [1.807, 2.05) is 31.2 Å². The van der Waals surface area contributed by atoms with Gasteiger partial charge in [0.15, 0.2) is 5.78 Å². The molecule has 4 heteroatoms. The largest absolute Gasteiger partial charge is 0.297 e. The summed E-state index contributed by atoms with van der Waals surface area (Å²) in [4.78, 5) is 38.5. The van der Waals surface area contributed by atoms with Crippen LogP contribution in [0.2, 0.25) is 0 Å². The Morgan fingerprint density at radius 3 is 1.92 bits per heavy atom. The van der Waals surface area contributed by atoms with Gasteiger partial charge in [-0.2, -0.15) is 0 Å². The van der Waals surface area contributed by atoms with E-state index >= 15 is 0 Å². The SMILES string of the molecule is CC(C)Cc1ccc(C(C)C(=O)CN2C(=O)c3ccccc3C2=O)cc1. The van der Waals surface area contributed by atoms with Crippen molar-refractivity contribution < 1.29 is 14.4 Å². The van der Waals surface area contributed by atoms with Crippen molar-refractivity contribution in [2.45, 2.75) is 33.1 Å². The quantitative estimate of drug-likeness (QED) is 0.744. The number of imide groups is 1. The Bertz CT molecular complexity index is 817. The molecular weight excluding hydrogens is 326 g/mol. The average molecular weight is 349 g/mol. The van der Waals surface area contributed by atoms with E-state index in [0.29, 0.717) is 17.0 Å². The van der Waals surface area contributed by atoms with Crippen molar-refractivity contribution in [1.82, 2.24) is 4.90 Å². The lowest BCUT2D eigenvalue weighted by molar-refractivity contribution is -0.120. The van der Waals surface area contributed by atoms with Crippen LogP contribution in [-0.4, -0.2) is 29.0 Å². The third kappa shape index (κ3) is 3.45. The molecule has 2 aromatic rings. The molecule has 0 fully saturated rings. The summed E-state index contributed by atoms with van der Waals surface area (Å²) in [6.07, 6.45) is 0.998. The van der Waals surface area contributed by atoms with Crippen LogP contribution < -0.4 is 0 Å². The summed E-state index contributed by atoms with van der Waals surface area (Å²) < 4.78 is 0. The molecule has 0 saturated heterocycles. The maximum Gasteiger partial charge on any atom is 0.261 e. The molecule has 1 unspecified atom stereocenters. The van der Waals surface area contributed by atoms with Crippen LogP contribution in [0.1, 0.15) is 58.5 Å². The summed E-state index contributed by atoms with van der Waals surface area (Å²) in [5.74, 6) is -0.714. The maximum atomic E-state index is 12.7. The molecule has 1 atom stereocenters. The van der Waals surface area contributed by atoms with Crippen molar-refractivity contribution in [1.29, 1.82) is 0 Å². The molecule has 0 bridgehead atoms. The van der Waals surface area contributed by atoms with E-state index in [4.69, 9.17) is 0 Å². The average Bonchev–Trinajstić information content (AvgIpc) is 2.86. The Labute approximate surface area is 153 Å². The summed E-state index contributed by atoms with van der Waals surface area (Å²) in [6, 6.07) is 14.7. The minimum Gasteiger partial charge on any atom is -0.297 e. The zero-order chi connectivity index (χ0) is 18.8. The molecule has 2 amide bonds. The molecule has 1 heterocycles. The second-order valence-corrected chi connectivity index (χ2v) is 7.27. The lowest BCUT2D eigenvalue weighted by atomic mass is 9.94. The molecular formula is C22H23NO3. The predicted octanol–water partition coefficient (Wildman–Crippen LogP) is 3.85. The number of benzene rings is 2. The Hall–Kier alpha value is -2.75. The number of ketones is 1. The summed E-state index contributed by atoms with van der Waals surface area (Å²) in [7, 11) is 0. The molecule has 1 aliphatic heterocycles. The van der Waals surface area contributed by atoms with E-state index in [1.165, 1.54) is 5.56 Å². The molecule has 4 nitrogen and oxygen atoms in total. The fourth-order valence-corrected chi connectivity index (χ4v) is 3.28. The minimum absolute atomic E-state index is 0.142. The highest BCUT2D eigenvalue weighted by molar-refractivity contribution is 6.22. The fraction of sp³-hybridized carbons (Fsp3) is 0.318. The van der Waals surface area contributed by atoms with Gasteiger partial charge in [0.05, 0.1) is 17.7 Å². The summed E-state index contributed by atoms with van der Waals surface area (Å²) in [5.41, 5.74) is 2.88. The summed E-state index contributed by atoms with van der Waals surface area (Å²) >= 11 is 0. The number of fused-ring (bicyclic) bond motifs is 1. The van der Waals surface area contributed by atoms with Gasteiger partial charge in [0.1, 0.15) is 0 Å².